The highest BCUT2D eigenvalue weighted by molar-refractivity contribution is 6.30. The molecule has 0 saturated heterocycles. The van der Waals surface area contributed by atoms with Gasteiger partial charge in [0.15, 0.2) is 0 Å². The van der Waals surface area contributed by atoms with Crippen LogP contribution in [0.25, 0.3) is 11.3 Å². The molecule has 0 fully saturated rings. The van der Waals surface area contributed by atoms with Crippen molar-refractivity contribution in [2.75, 3.05) is 13.1 Å². The van der Waals surface area contributed by atoms with E-state index in [-0.39, 0.29) is 11.5 Å². The van der Waals surface area contributed by atoms with Crippen LogP contribution in [-0.2, 0) is 6.54 Å². The van der Waals surface area contributed by atoms with Crippen molar-refractivity contribution in [1.29, 1.82) is 0 Å². The molecule has 0 saturated carbocycles. The first-order valence-corrected chi connectivity index (χ1v) is 10.8. The lowest BCUT2D eigenvalue weighted by atomic mass is 9.94. The topological polar surface area (TPSA) is 69.4 Å². The third kappa shape index (κ3) is 3.52. The number of ether oxygens (including phenoxy) is 1. The van der Waals surface area contributed by atoms with E-state index in [1.165, 1.54) is 0 Å². The maximum absolute atomic E-state index is 13.3. The van der Waals surface area contributed by atoms with Gasteiger partial charge in [0.05, 0.1) is 12.0 Å². The summed E-state index contributed by atoms with van der Waals surface area (Å²) in [5.74, 6) is 0.578. The predicted octanol–water partition coefficient (Wildman–Crippen LogP) is 3.71. The summed E-state index contributed by atoms with van der Waals surface area (Å²) in [5, 5.41) is 0.613. The molecule has 0 N–H and O–H groups in total. The Balaban J connectivity index is 1.47. The van der Waals surface area contributed by atoms with Crippen molar-refractivity contribution >= 4 is 23.1 Å². The molecule has 2 aliphatic heterocycles. The summed E-state index contributed by atoms with van der Waals surface area (Å²) in [6, 6.07) is 8.92. The number of imidazole rings is 1. The lowest BCUT2D eigenvalue weighted by molar-refractivity contribution is 0.0722. The number of pyridine rings is 1. The van der Waals surface area contributed by atoms with Crippen molar-refractivity contribution in [2.24, 2.45) is 0 Å². The van der Waals surface area contributed by atoms with E-state index < -0.39 is 5.60 Å². The molecule has 0 unspecified atom stereocenters. The highest BCUT2D eigenvalue weighted by Gasteiger charge is 2.31. The molecule has 2 aliphatic rings. The zero-order valence-corrected chi connectivity index (χ0v) is 18.9. The standard InChI is InChI=1S/C24H23ClN4O3/c1-15-12-28(14-26-15)19-5-6-20-22(30)27(8-9-29(20)23(19)31)13-16-11-24(2,3)32-21-7-4-17(25)10-18(16)21/h4-7,10-12,14H,8-9,13H2,1-3H3. The minimum atomic E-state index is -0.498. The van der Waals surface area contributed by atoms with Crippen LogP contribution in [0.5, 0.6) is 5.75 Å². The lowest BCUT2D eigenvalue weighted by Crippen LogP contribution is -2.46. The summed E-state index contributed by atoms with van der Waals surface area (Å²) in [6.07, 6.45) is 5.44. The molecule has 0 radical (unpaired) electrons. The molecule has 0 spiro atoms. The summed E-state index contributed by atoms with van der Waals surface area (Å²) < 4.78 is 9.30. The third-order valence-corrected chi connectivity index (χ3v) is 6.02. The van der Waals surface area contributed by atoms with Gasteiger partial charge >= 0.3 is 0 Å². The van der Waals surface area contributed by atoms with Gasteiger partial charge in [-0.2, -0.15) is 0 Å². The number of aromatic nitrogens is 3. The van der Waals surface area contributed by atoms with Gasteiger partial charge < -0.3 is 18.8 Å². The van der Waals surface area contributed by atoms with Crippen LogP contribution < -0.4 is 10.3 Å². The highest BCUT2D eigenvalue weighted by Crippen LogP contribution is 2.38. The third-order valence-electron chi connectivity index (χ3n) is 5.79. The first kappa shape index (κ1) is 20.6. The van der Waals surface area contributed by atoms with Gasteiger partial charge in [0, 0.05) is 36.4 Å². The van der Waals surface area contributed by atoms with Crippen molar-refractivity contribution in [3.05, 3.63) is 81.3 Å². The van der Waals surface area contributed by atoms with E-state index in [2.05, 4.69) is 4.98 Å². The maximum Gasteiger partial charge on any atom is 0.275 e. The van der Waals surface area contributed by atoms with Crippen molar-refractivity contribution in [1.82, 2.24) is 19.0 Å². The number of halogens is 1. The number of amides is 1. The average molecular weight is 451 g/mol. The van der Waals surface area contributed by atoms with Crippen LogP contribution in [0.15, 0.2) is 53.7 Å². The number of nitrogens with zero attached hydrogens (tertiary/aromatic N) is 4. The van der Waals surface area contributed by atoms with Gasteiger partial charge in [-0.1, -0.05) is 11.6 Å². The van der Waals surface area contributed by atoms with Gasteiger partial charge in [-0.15, -0.1) is 0 Å². The molecular formula is C24H23ClN4O3. The summed E-state index contributed by atoms with van der Waals surface area (Å²) in [5.41, 5.74) is 2.86. The van der Waals surface area contributed by atoms with E-state index in [0.717, 1.165) is 22.6 Å². The fraction of sp³-hybridized carbons (Fsp3) is 0.292. The summed E-state index contributed by atoms with van der Waals surface area (Å²) in [7, 11) is 0. The number of carbonyl (C=O) groups excluding carboxylic acids is 1. The molecule has 1 amide bonds. The molecule has 8 heteroatoms. The van der Waals surface area contributed by atoms with E-state index in [1.807, 2.05) is 39.0 Å². The zero-order valence-electron chi connectivity index (χ0n) is 18.1. The van der Waals surface area contributed by atoms with Crippen LogP contribution in [0.1, 0.15) is 35.6 Å². The van der Waals surface area contributed by atoms with Gasteiger partial charge in [-0.05, 0) is 62.8 Å². The second-order valence-corrected chi connectivity index (χ2v) is 9.16. The van der Waals surface area contributed by atoms with Gasteiger partial charge in [0.25, 0.3) is 11.5 Å². The number of aryl methyl sites for hydroxylation is 1. The summed E-state index contributed by atoms with van der Waals surface area (Å²) >= 11 is 6.23. The molecule has 32 heavy (non-hydrogen) atoms. The number of fused-ring (bicyclic) bond motifs is 2. The van der Waals surface area contributed by atoms with Crippen LogP contribution in [0.2, 0.25) is 5.02 Å². The number of hydrogen-bond acceptors (Lipinski definition) is 4. The Kier molecular flexibility index (Phi) is 4.74. The van der Waals surface area contributed by atoms with Crippen LogP contribution in [0.3, 0.4) is 0 Å². The molecule has 3 aromatic rings. The molecule has 0 atom stereocenters. The van der Waals surface area contributed by atoms with Crippen LogP contribution in [0.4, 0.5) is 0 Å². The first-order chi connectivity index (χ1) is 15.2. The van der Waals surface area contributed by atoms with Crippen LogP contribution >= 0.6 is 11.6 Å². The van der Waals surface area contributed by atoms with E-state index in [1.54, 1.807) is 44.8 Å². The number of carbonyl (C=O) groups is 1. The molecule has 4 heterocycles. The smallest absolute Gasteiger partial charge is 0.275 e. The average Bonchev–Trinajstić information content (AvgIpc) is 3.16. The number of rotatable bonds is 3. The monoisotopic (exact) mass is 450 g/mol. The minimum absolute atomic E-state index is 0.171. The quantitative estimate of drug-likeness (QED) is 0.610. The number of benzene rings is 1. The maximum atomic E-state index is 13.3. The van der Waals surface area contributed by atoms with Gasteiger partial charge in [-0.3, -0.25) is 9.59 Å². The molecule has 0 bridgehead atoms. The van der Waals surface area contributed by atoms with E-state index in [0.29, 0.717) is 36.0 Å². The molecule has 164 valence electrons. The normalized spacial score (nSPS) is 16.8. The first-order valence-electron chi connectivity index (χ1n) is 10.5. The highest BCUT2D eigenvalue weighted by atomic mass is 35.5. The Hall–Kier alpha value is -3.32. The SMILES string of the molecule is Cc1cn(-c2ccc3n(c2=O)CCN(CC2=CC(C)(C)Oc4ccc(Cl)cc42)C3=O)cn1. The zero-order chi connectivity index (χ0) is 22.6. The van der Waals surface area contributed by atoms with Gasteiger partial charge in [-0.25, -0.2) is 4.98 Å². The lowest BCUT2D eigenvalue weighted by Gasteiger charge is -2.35. The van der Waals surface area contributed by atoms with Crippen molar-refractivity contribution in [2.45, 2.75) is 32.9 Å². The largest absolute Gasteiger partial charge is 0.483 e. The molecule has 2 aromatic heterocycles. The van der Waals surface area contributed by atoms with Gasteiger partial charge in [0.2, 0.25) is 0 Å². The fourth-order valence-electron chi connectivity index (χ4n) is 4.35. The summed E-state index contributed by atoms with van der Waals surface area (Å²) in [4.78, 5) is 32.3. The molecule has 5 rings (SSSR count). The molecule has 0 aliphatic carbocycles. The molecule has 7 nitrogen and oxygen atoms in total. The Labute approximate surface area is 190 Å². The second-order valence-electron chi connectivity index (χ2n) is 8.73. The Morgan fingerprint density at radius 1 is 1.16 bits per heavy atom. The van der Waals surface area contributed by atoms with Crippen molar-refractivity contribution in [3.8, 4) is 11.4 Å². The Morgan fingerprint density at radius 3 is 2.72 bits per heavy atom. The second kappa shape index (κ2) is 7.38. The van der Waals surface area contributed by atoms with Crippen LogP contribution in [0, 0.1) is 6.92 Å². The summed E-state index contributed by atoms with van der Waals surface area (Å²) in [6.45, 7) is 7.11. The Bertz CT molecular complexity index is 1340. The van der Waals surface area contributed by atoms with Crippen molar-refractivity contribution in [3.63, 3.8) is 0 Å². The minimum Gasteiger partial charge on any atom is -0.483 e. The van der Waals surface area contributed by atoms with Crippen molar-refractivity contribution < 1.29 is 9.53 Å². The van der Waals surface area contributed by atoms with E-state index >= 15 is 0 Å². The molecular weight excluding hydrogens is 428 g/mol. The van der Waals surface area contributed by atoms with E-state index in [4.69, 9.17) is 16.3 Å². The Morgan fingerprint density at radius 2 is 1.97 bits per heavy atom. The fourth-order valence-corrected chi connectivity index (χ4v) is 4.52. The number of hydrogen-bond donors (Lipinski definition) is 0. The molecule has 1 aromatic carbocycles. The predicted molar refractivity (Wildman–Crippen MR) is 123 cm³/mol. The van der Waals surface area contributed by atoms with Crippen LogP contribution in [-0.4, -0.2) is 43.6 Å². The van der Waals surface area contributed by atoms with E-state index in [9.17, 15) is 9.59 Å². The van der Waals surface area contributed by atoms with Gasteiger partial charge in [0.1, 0.15) is 22.7 Å².